The first-order chi connectivity index (χ1) is 10.5. The first-order valence-electron chi connectivity index (χ1n) is 6.80. The van der Waals surface area contributed by atoms with E-state index in [1.165, 1.54) is 14.2 Å². The van der Waals surface area contributed by atoms with Crippen molar-refractivity contribution in [1.29, 1.82) is 0 Å². The van der Waals surface area contributed by atoms with Crippen molar-refractivity contribution in [3.05, 3.63) is 23.2 Å². The number of rotatable bonds is 5. The smallest absolute Gasteiger partial charge is 0.311 e. The Labute approximate surface area is 133 Å². The van der Waals surface area contributed by atoms with Crippen molar-refractivity contribution in [3.63, 3.8) is 0 Å². The number of phenolic OH excluding ortho intramolecular Hbond substituents is 1. The molecule has 0 aliphatic carbocycles. The first kappa shape index (κ1) is 16.2. The maximum atomic E-state index is 11.9. The summed E-state index contributed by atoms with van der Waals surface area (Å²) in [7, 11) is 2.81. The Morgan fingerprint density at radius 3 is 2.41 bits per heavy atom. The molecule has 0 spiro atoms. The van der Waals surface area contributed by atoms with Crippen LogP contribution in [0.25, 0.3) is 10.8 Å². The average Bonchev–Trinajstić information content (AvgIpc) is 2.49. The Kier molecular flexibility index (Phi) is 4.98. The van der Waals surface area contributed by atoms with Gasteiger partial charge in [-0.2, -0.15) is 0 Å². The fraction of sp³-hybridized carbons (Fsp3) is 0.312. The van der Waals surface area contributed by atoms with E-state index in [0.29, 0.717) is 22.2 Å². The van der Waals surface area contributed by atoms with Crippen LogP contribution in [0.1, 0.15) is 19.8 Å². The first-order valence-corrected chi connectivity index (χ1v) is 7.18. The van der Waals surface area contributed by atoms with E-state index in [-0.39, 0.29) is 29.4 Å². The quantitative estimate of drug-likeness (QED) is 0.667. The lowest BCUT2D eigenvalue weighted by Crippen LogP contribution is -2.09. The second-order valence-electron chi connectivity index (χ2n) is 4.66. The molecule has 0 bridgehead atoms. The topological polar surface area (TPSA) is 65.0 Å². The molecule has 0 atom stereocenters. The molecular formula is C16H17ClO5. The summed E-state index contributed by atoms with van der Waals surface area (Å²) in [6, 6.07) is 4.87. The Morgan fingerprint density at radius 1 is 1.14 bits per heavy atom. The number of phenols is 1. The third kappa shape index (κ3) is 2.90. The van der Waals surface area contributed by atoms with Gasteiger partial charge < -0.3 is 19.3 Å². The number of carbonyl (C=O) groups is 1. The zero-order valence-electron chi connectivity index (χ0n) is 12.6. The largest absolute Gasteiger partial charge is 0.504 e. The Hall–Kier alpha value is -2.14. The van der Waals surface area contributed by atoms with Gasteiger partial charge in [0, 0.05) is 22.2 Å². The monoisotopic (exact) mass is 324 g/mol. The van der Waals surface area contributed by atoms with Crippen molar-refractivity contribution in [1.82, 2.24) is 0 Å². The van der Waals surface area contributed by atoms with Crippen molar-refractivity contribution >= 4 is 28.3 Å². The highest BCUT2D eigenvalue weighted by molar-refractivity contribution is 6.31. The summed E-state index contributed by atoms with van der Waals surface area (Å²) in [5.74, 6) is -0.0416. The van der Waals surface area contributed by atoms with Gasteiger partial charge in [0.1, 0.15) is 0 Å². The number of hydrogen-bond acceptors (Lipinski definition) is 5. The maximum absolute atomic E-state index is 11.9. The van der Waals surface area contributed by atoms with Crippen LogP contribution < -0.4 is 14.2 Å². The van der Waals surface area contributed by atoms with Crippen LogP contribution in [-0.4, -0.2) is 25.3 Å². The van der Waals surface area contributed by atoms with E-state index in [0.717, 1.165) is 0 Å². The van der Waals surface area contributed by atoms with Crippen molar-refractivity contribution in [2.45, 2.75) is 19.8 Å². The van der Waals surface area contributed by atoms with Gasteiger partial charge in [-0.25, -0.2) is 0 Å². The molecule has 0 unspecified atom stereocenters. The van der Waals surface area contributed by atoms with Gasteiger partial charge in [0.05, 0.1) is 14.2 Å². The van der Waals surface area contributed by atoms with Gasteiger partial charge in [-0.05, 0) is 24.6 Å². The number of aromatic hydroxyl groups is 1. The Morgan fingerprint density at radius 2 is 1.82 bits per heavy atom. The summed E-state index contributed by atoms with van der Waals surface area (Å²) in [6.45, 7) is 1.88. The van der Waals surface area contributed by atoms with E-state index < -0.39 is 5.97 Å². The lowest BCUT2D eigenvalue weighted by atomic mass is 10.1. The summed E-state index contributed by atoms with van der Waals surface area (Å²) in [6.07, 6.45) is 0.934. The highest BCUT2D eigenvalue weighted by Gasteiger charge is 2.24. The molecule has 2 aromatic rings. The van der Waals surface area contributed by atoms with E-state index >= 15 is 0 Å². The molecule has 6 heteroatoms. The van der Waals surface area contributed by atoms with Gasteiger partial charge in [-0.15, -0.1) is 0 Å². The number of benzene rings is 2. The van der Waals surface area contributed by atoms with Crippen LogP contribution in [0, 0.1) is 0 Å². The highest BCUT2D eigenvalue weighted by Crippen LogP contribution is 2.50. The fourth-order valence-electron chi connectivity index (χ4n) is 2.21. The van der Waals surface area contributed by atoms with Crippen molar-refractivity contribution < 1.29 is 24.1 Å². The van der Waals surface area contributed by atoms with Gasteiger partial charge in [0.2, 0.25) is 11.5 Å². The SMILES string of the molecule is CCCC(=O)Oc1c(OC)c(OC)c(O)c2ccc(Cl)cc12. The minimum absolute atomic E-state index is 0.0960. The normalized spacial score (nSPS) is 10.5. The molecule has 2 aromatic carbocycles. The molecule has 118 valence electrons. The molecule has 0 amide bonds. The van der Waals surface area contributed by atoms with E-state index in [9.17, 15) is 9.90 Å². The predicted molar refractivity (Wildman–Crippen MR) is 84.3 cm³/mol. The minimum atomic E-state index is -0.394. The molecular weight excluding hydrogens is 308 g/mol. The molecule has 5 nitrogen and oxygen atoms in total. The van der Waals surface area contributed by atoms with E-state index in [4.69, 9.17) is 25.8 Å². The number of esters is 1. The number of fused-ring (bicyclic) bond motifs is 1. The van der Waals surface area contributed by atoms with Crippen LogP contribution in [0.2, 0.25) is 5.02 Å². The number of halogens is 1. The molecule has 2 rings (SSSR count). The third-order valence-electron chi connectivity index (χ3n) is 3.19. The second-order valence-corrected chi connectivity index (χ2v) is 5.09. The summed E-state index contributed by atoms with van der Waals surface area (Å²) < 4.78 is 15.9. The van der Waals surface area contributed by atoms with Gasteiger partial charge in [-0.1, -0.05) is 18.5 Å². The average molecular weight is 325 g/mol. The van der Waals surface area contributed by atoms with Crippen LogP contribution in [0.15, 0.2) is 18.2 Å². The van der Waals surface area contributed by atoms with Crippen LogP contribution in [-0.2, 0) is 4.79 Å². The summed E-state index contributed by atoms with van der Waals surface area (Å²) >= 11 is 6.02. The van der Waals surface area contributed by atoms with Gasteiger partial charge >= 0.3 is 5.97 Å². The lowest BCUT2D eigenvalue weighted by Gasteiger charge is -2.17. The molecule has 1 N–H and O–H groups in total. The van der Waals surface area contributed by atoms with Crippen LogP contribution in [0.5, 0.6) is 23.0 Å². The van der Waals surface area contributed by atoms with Crippen molar-refractivity contribution in [3.8, 4) is 23.0 Å². The Balaban J connectivity index is 2.76. The lowest BCUT2D eigenvalue weighted by molar-refractivity contribution is -0.134. The van der Waals surface area contributed by atoms with Gasteiger partial charge in [0.25, 0.3) is 0 Å². The summed E-state index contributed by atoms with van der Waals surface area (Å²) in [5, 5.41) is 11.7. The Bertz CT molecular complexity index is 711. The predicted octanol–water partition coefficient (Wildman–Crippen LogP) is 3.92. The fourth-order valence-corrected chi connectivity index (χ4v) is 2.38. The number of hydrogen-bond donors (Lipinski definition) is 1. The number of ether oxygens (including phenoxy) is 3. The van der Waals surface area contributed by atoms with Crippen LogP contribution >= 0.6 is 11.6 Å². The maximum Gasteiger partial charge on any atom is 0.311 e. The van der Waals surface area contributed by atoms with Crippen molar-refractivity contribution in [2.24, 2.45) is 0 Å². The van der Waals surface area contributed by atoms with Gasteiger partial charge in [0.15, 0.2) is 11.5 Å². The van der Waals surface area contributed by atoms with Gasteiger partial charge in [-0.3, -0.25) is 4.79 Å². The molecule has 0 aliphatic rings. The van der Waals surface area contributed by atoms with E-state index in [1.54, 1.807) is 18.2 Å². The molecule has 0 saturated carbocycles. The molecule has 0 saturated heterocycles. The number of carbonyl (C=O) groups excluding carboxylic acids is 1. The van der Waals surface area contributed by atoms with E-state index in [2.05, 4.69) is 0 Å². The zero-order valence-corrected chi connectivity index (χ0v) is 13.4. The van der Waals surface area contributed by atoms with Crippen LogP contribution in [0.3, 0.4) is 0 Å². The molecule has 0 radical (unpaired) electrons. The van der Waals surface area contributed by atoms with Crippen molar-refractivity contribution in [2.75, 3.05) is 14.2 Å². The third-order valence-corrected chi connectivity index (χ3v) is 3.42. The molecule has 0 heterocycles. The number of methoxy groups -OCH3 is 2. The molecule has 0 aliphatic heterocycles. The molecule has 0 aromatic heterocycles. The second kappa shape index (κ2) is 6.75. The minimum Gasteiger partial charge on any atom is -0.504 e. The molecule has 22 heavy (non-hydrogen) atoms. The zero-order chi connectivity index (χ0) is 16.3. The highest BCUT2D eigenvalue weighted by atomic mass is 35.5. The van der Waals surface area contributed by atoms with Crippen LogP contribution in [0.4, 0.5) is 0 Å². The standard InChI is InChI=1S/C16H17ClO5/c1-4-5-12(18)22-14-11-8-9(17)6-7-10(11)13(19)15(20-2)16(14)21-3/h6-8,19H,4-5H2,1-3H3. The summed E-state index contributed by atoms with van der Waals surface area (Å²) in [4.78, 5) is 11.9. The van der Waals surface area contributed by atoms with E-state index in [1.807, 2.05) is 6.92 Å². The summed E-state index contributed by atoms with van der Waals surface area (Å²) in [5.41, 5.74) is 0. The molecule has 0 fully saturated rings.